The van der Waals surface area contributed by atoms with Gasteiger partial charge in [0.25, 0.3) is 0 Å². The molecule has 1 saturated carbocycles. The lowest BCUT2D eigenvalue weighted by Crippen LogP contribution is -2.36. The first-order valence-electron chi connectivity index (χ1n) is 12.7. The molecule has 1 atom stereocenters. The molecule has 1 aromatic carbocycles. The third-order valence-electron chi connectivity index (χ3n) is 7.08. The molecule has 1 fully saturated rings. The molecular formula is C26H24ClF3N9O2+. The summed E-state index contributed by atoms with van der Waals surface area (Å²) < 4.78 is 50.7. The van der Waals surface area contributed by atoms with Crippen LogP contribution in [-0.4, -0.2) is 42.0 Å². The first-order valence-corrected chi connectivity index (χ1v) is 13.0. The second-order valence-corrected chi connectivity index (χ2v) is 10.3. The fourth-order valence-corrected chi connectivity index (χ4v) is 5.01. The molecule has 0 unspecified atom stereocenters. The predicted octanol–water partition coefficient (Wildman–Crippen LogP) is 4.05. The molecule has 0 amide bonds. The highest BCUT2D eigenvalue weighted by atomic mass is 35.5. The molecular weight excluding hydrogens is 563 g/mol. The lowest BCUT2D eigenvalue weighted by Gasteiger charge is -2.19. The van der Waals surface area contributed by atoms with E-state index in [0.717, 1.165) is 34.0 Å². The molecule has 15 heteroatoms. The number of pyridine rings is 1. The number of methoxy groups -OCH3 is 1. The number of hydrogen-bond donors (Lipinski definition) is 1. The quantitative estimate of drug-likeness (QED) is 0.217. The summed E-state index contributed by atoms with van der Waals surface area (Å²) in [6.45, 7) is 0. The number of halogens is 4. The molecule has 0 spiro atoms. The van der Waals surface area contributed by atoms with Crippen molar-refractivity contribution in [3.8, 4) is 34.0 Å². The smallest absolute Gasteiger partial charge is 0.464 e. The van der Waals surface area contributed by atoms with Crippen molar-refractivity contribution in [2.75, 3.05) is 7.11 Å². The number of ether oxygens (including phenoxy) is 1. The minimum Gasteiger partial charge on any atom is -0.618 e. The summed E-state index contributed by atoms with van der Waals surface area (Å²) in [5.41, 5.74) is 1.06. The number of H-pyrrole nitrogens is 1. The molecule has 0 radical (unpaired) electrons. The lowest BCUT2D eigenvalue weighted by molar-refractivity contribution is -0.659. The van der Waals surface area contributed by atoms with Gasteiger partial charge in [0.05, 0.1) is 35.6 Å². The first kappa shape index (κ1) is 26.7. The van der Waals surface area contributed by atoms with Gasteiger partial charge in [-0.2, -0.15) is 28.1 Å². The average molecular weight is 587 g/mol. The van der Waals surface area contributed by atoms with E-state index in [-0.39, 0.29) is 0 Å². The molecule has 4 aromatic heterocycles. The maximum absolute atomic E-state index is 13.6. The zero-order valence-electron chi connectivity index (χ0n) is 21.9. The molecule has 1 aliphatic carbocycles. The van der Waals surface area contributed by atoms with Gasteiger partial charge in [-0.15, -0.1) is 4.68 Å². The van der Waals surface area contributed by atoms with Gasteiger partial charge in [-0.3, -0.25) is 4.68 Å². The Labute approximate surface area is 236 Å². The van der Waals surface area contributed by atoms with Gasteiger partial charge in [0.2, 0.25) is 5.69 Å². The highest BCUT2D eigenvalue weighted by Crippen LogP contribution is 2.41. The highest BCUT2D eigenvalue weighted by molar-refractivity contribution is 6.31. The Morgan fingerprint density at radius 2 is 2.00 bits per heavy atom. The zero-order valence-corrected chi connectivity index (χ0v) is 22.6. The van der Waals surface area contributed by atoms with Gasteiger partial charge in [-0.1, -0.05) is 29.7 Å². The van der Waals surface area contributed by atoms with Crippen molar-refractivity contribution in [3.05, 3.63) is 77.0 Å². The molecule has 0 aliphatic heterocycles. The minimum atomic E-state index is -4.64. The molecule has 0 bridgehead atoms. The summed E-state index contributed by atoms with van der Waals surface area (Å²) >= 11 is 6.29. The van der Waals surface area contributed by atoms with E-state index in [1.807, 2.05) is 6.20 Å². The Hall–Kier alpha value is -4.46. The number of rotatable bonds is 8. The molecule has 41 heavy (non-hydrogen) atoms. The van der Waals surface area contributed by atoms with E-state index < -0.39 is 17.9 Å². The third kappa shape index (κ3) is 5.22. The van der Waals surface area contributed by atoms with Crippen LogP contribution in [0.1, 0.15) is 36.7 Å². The summed E-state index contributed by atoms with van der Waals surface area (Å²) in [4.78, 5) is 4.28. The molecule has 0 saturated heterocycles. The van der Waals surface area contributed by atoms with E-state index in [1.165, 1.54) is 31.8 Å². The van der Waals surface area contributed by atoms with Crippen molar-refractivity contribution in [2.24, 2.45) is 13.0 Å². The monoisotopic (exact) mass is 586 g/mol. The number of hydrogen-bond acceptors (Lipinski definition) is 6. The van der Waals surface area contributed by atoms with Crippen molar-refractivity contribution in [3.63, 3.8) is 0 Å². The van der Waals surface area contributed by atoms with Crippen LogP contribution in [0.4, 0.5) is 13.2 Å². The van der Waals surface area contributed by atoms with Gasteiger partial charge >= 0.3 is 11.9 Å². The molecule has 1 N–H and O–H groups in total. The largest absolute Gasteiger partial charge is 0.618 e. The van der Waals surface area contributed by atoms with Crippen molar-refractivity contribution in [1.82, 2.24) is 34.9 Å². The Morgan fingerprint density at radius 1 is 1.20 bits per heavy atom. The van der Waals surface area contributed by atoms with E-state index >= 15 is 0 Å². The van der Waals surface area contributed by atoms with Crippen LogP contribution in [0.25, 0.3) is 28.2 Å². The summed E-state index contributed by atoms with van der Waals surface area (Å²) in [7, 11) is 3.25. The van der Waals surface area contributed by atoms with Crippen molar-refractivity contribution >= 4 is 11.6 Å². The number of nitrogens with one attached hydrogen (secondary N) is 1. The Morgan fingerprint density at radius 3 is 2.66 bits per heavy atom. The fraction of sp³-hybridized carbons (Fsp3) is 0.308. The summed E-state index contributed by atoms with van der Waals surface area (Å²) in [5.74, 6) is 1.43. The molecule has 1 aliphatic rings. The van der Waals surface area contributed by atoms with Crippen LogP contribution < -0.4 is 14.1 Å². The van der Waals surface area contributed by atoms with Crippen molar-refractivity contribution in [2.45, 2.75) is 31.5 Å². The van der Waals surface area contributed by atoms with Gasteiger partial charge < -0.3 is 9.94 Å². The van der Waals surface area contributed by atoms with Crippen LogP contribution in [0.15, 0.2) is 55.4 Å². The second kappa shape index (κ2) is 10.2. The van der Waals surface area contributed by atoms with E-state index in [2.05, 4.69) is 25.5 Å². The van der Waals surface area contributed by atoms with Gasteiger partial charge in [0.15, 0.2) is 23.9 Å². The summed E-state index contributed by atoms with van der Waals surface area (Å²) in [6.07, 6.45) is 5.33. The average Bonchev–Trinajstić information content (AvgIpc) is 3.30. The normalized spacial score (nSPS) is 14.4. The number of nitrogens with zero attached hydrogens (tertiary/aromatic N) is 8. The lowest BCUT2D eigenvalue weighted by atomic mass is 10.0. The van der Waals surface area contributed by atoms with Gasteiger partial charge in [0.1, 0.15) is 18.1 Å². The first-order chi connectivity index (χ1) is 19.6. The van der Waals surface area contributed by atoms with Gasteiger partial charge in [-0.05, 0) is 30.5 Å². The maximum atomic E-state index is 13.6. The molecule has 212 valence electrons. The number of aromatic amines is 1. The van der Waals surface area contributed by atoms with E-state index in [9.17, 15) is 18.4 Å². The maximum Gasteiger partial charge on any atom is 0.464 e. The standard InChI is InChI=1S/C26H23ClF3N9O2/c1-36-25(31-14-33-36)16-10-32-37(11-16)21(7-15-3-4-15)22-9-23(41-2)19(12-39(22)40)18-8-17(27)5-6-20(18)38-13-24(34-35-38)26(28,29)30/h5-6,8-15,21H,3-4,7H2,1-2H3/p+1/t21-/m1/s1. The van der Waals surface area contributed by atoms with Crippen LogP contribution in [0.3, 0.4) is 0 Å². The molecule has 5 aromatic rings. The Bertz CT molecular complexity index is 1730. The third-order valence-corrected chi connectivity index (χ3v) is 7.31. The number of benzene rings is 1. The predicted molar refractivity (Wildman–Crippen MR) is 139 cm³/mol. The van der Waals surface area contributed by atoms with E-state index in [4.69, 9.17) is 16.3 Å². The SMILES string of the molecule is COc1cc([C@@H](CC2CC2)n2cc(-c3ncnn3C)cn2)[n+]([O-])cc1-c1cc(Cl)ccc1-[n+]1cc(C(F)(F)F)n[nH]1. The van der Waals surface area contributed by atoms with Crippen LogP contribution in [-0.2, 0) is 13.2 Å². The van der Waals surface area contributed by atoms with E-state index in [0.29, 0.717) is 51.4 Å². The number of aromatic nitrogens is 9. The Balaban J connectivity index is 1.44. The fourth-order valence-electron chi connectivity index (χ4n) is 4.84. The van der Waals surface area contributed by atoms with Gasteiger partial charge in [0, 0.05) is 23.8 Å². The van der Waals surface area contributed by atoms with Crippen molar-refractivity contribution in [1.29, 1.82) is 0 Å². The zero-order chi connectivity index (χ0) is 28.9. The number of aryl methyl sites for hydroxylation is 1. The number of alkyl halides is 3. The summed E-state index contributed by atoms with van der Waals surface area (Å²) in [6, 6.07) is 5.86. The molecule has 4 heterocycles. The van der Waals surface area contributed by atoms with E-state index in [1.54, 1.807) is 34.7 Å². The summed E-state index contributed by atoms with van der Waals surface area (Å²) in [5, 5.41) is 28.4. The van der Waals surface area contributed by atoms with Crippen LogP contribution in [0.5, 0.6) is 5.75 Å². The van der Waals surface area contributed by atoms with Gasteiger partial charge in [-0.25, -0.2) is 9.67 Å². The molecule has 11 nitrogen and oxygen atoms in total. The Kier molecular flexibility index (Phi) is 6.64. The topological polar surface area (TPSA) is 117 Å². The highest BCUT2D eigenvalue weighted by Gasteiger charge is 2.41. The van der Waals surface area contributed by atoms with Crippen LogP contribution in [0, 0.1) is 11.1 Å². The van der Waals surface area contributed by atoms with Crippen LogP contribution >= 0.6 is 11.6 Å². The second-order valence-electron chi connectivity index (χ2n) is 9.87. The van der Waals surface area contributed by atoms with Crippen LogP contribution in [0.2, 0.25) is 5.02 Å². The van der Waals surface area contributed by atoms with Crippen molar-refractivity contribution < 1.29 is 27.3 Å². The minimum absolute atomic E-state index is 0.290. The molecule has 6 rings (SSSR count).